The molecular formula is C31H26BNO4. The number of hydrogen-bond acceptors (Lipinski definition) is 5. The van der Waals surface area contributed by atoms with Crippen molar-refractivity contribution in [3.63, 3.8) is 0 Å². The van der Waals surface area contributed by atoms with Crippen LogP contribution in [-0.2, 0) is 9.31 Å². The van der Waals surface area contributed by atoms with Gasteiger partial charge < -0.3 is 18.1 Å². The molecule has 182 valence electrons. The minimum absolute atomic E-state index is 0.445. The van der Waals surface area contributed by atoms with Gasteiger partial charge in [0.2, 0.25) is 5.89 Å². The van der Waals surface area contributed by atoms with Gasteiger partial charge >= 0.3 is 7.12 Å². The molecule has 0 radical (unpaired) electrons. The van der Waals surface area contributed by atoms with Gasteiger partial charge in [0.15, 0.2) is 5.58 Å². The first-order valence-electron chi connectivity index (χ1n) is 12.6. The van der Waals surface area contributed by atoms with Gasteiger partial charge in [-0.05, 0) is 75.1 Å². The van der Waals surface area contributed by atoms with E-state index in [1.54, 1.807) is 0 Å². The molecule has 0 unspecified atom stereocenters. The average molecular weight is 487 g/mol. The van der Waals surface area contributed by atoms with Gasteiger partial charge in [0.1, 0.15) is 16.7 Å². The first kappa shape index (κ1) is 22.3. The fraction of sp³-hybridized carbons (Fsp3) is 0.194. The summed E-state index contributed by atoms with van der Waals surface area (Å²) in [5.41, 5.74) is 6.00. The number of oxazole rings is 1. The highest BCUT2D eigenvalue weighted by Gasteiger charge is 2.52. The van der Waals surface area contributed by atoms with Crippen LogP contribution in [0.5, 0.6) is 0 Å². The Morgan fingerprint density at radius 3 is 2.14 bits per heavy atom. The minimum Gasteiger partial charge on any atom is -0.456 e. The van der Waals surface area contributed by atoms with Gasteiger partial charge in [0.25, 0.3) is 0 Å². The summed E-state index contributed by atoms with van der Waals surface area (Å²) in [4.78, 5) is 4.87. The summed E-state index contributed by atoms with van der Waals surface area (Å²) in [5, 5.41) is 2.19. The fourth-order valence-electron chi connectivity index (χ4n) is 4.98. The maximum atomic E-state index is 6.39. The zero-order valence-electron chi connectivity index (χ0n) is 21.2. The van der Waals surface area contributed by atoms with Crippen LogP contribution in [0.25, 0.3) is 55.6 Å². The lowest BCUT2D eigenvalue weighted by Gasteiger charge is -2.32. The van der Waals surface area contributed by atoms with E-state index in [2.05, 4.69) is 58.0 Å². The van der Waals surface area contributed by atoms with Crippen molar-refractivity contribution in [2.24, 2.45) is 0 Å². The molecule has 3 heterocycles. The summed E-state index contributed by atoms with van der Waals surface area (Å²) in [6.07, 6.45) is 0. The number of rotatable bonds is 3. The summed E-state index contributed by atoms with van der Waals surface area (Å²) < 4.78 is 25.4. The van der Waals surface area contributed by atoms with E-state index in [0.717, 1.165) is 55.2 Å². The largest absolute Gasteiger partial charge is 0.494 e. The van der Waals surface area contributed by atoms with E-state index >= 15 is 0 Å². The number of aromatic nitrogens is 1. The van der Waals surface area contributed by atoms with Gasteiger partial charge in [-0.25, -0.2) is 4.98 Å². The van der Waals surface area contributed by atoms with Crippen LogP contribution in [0.2, 0.25) is 0 Å². The first-order chi connectivity index (χ1) is 17.8. The fourth-order valence-corrected chi connectivity index (χ4v) is 4.98. The van der Waals surface area contributed by atoms with Crippen molar-refractivity contribution >= 4 is 45.6 Å². The quantitative estimate of drug-likeness (QED) is 0.244. The molecule has 0 saturated carbocycles. The van der Waals surface area contributed by atoms with E-state index in [1.165, 1.54) is 0 Å². The topological polar surface area (TPSA) is 57.6 Å². The lowest BCUT2D eigenvalue weighted by Crippen LogP contribution is -2.41. The van der Waals surface area contributed by atoms with Crippen molar-refractivity contribution in [2.45, 2.75) is 38.9 Å². The van der Waals surface area contributed by atoms with Crippen molar-refractivity contribution in [3.8, 4) is 22.6 Å². The molecular weight excluding hydrogens is 461 g/mol. The summed E-state index contributed by atoms with van der Waals surface area (Å²) >= 11 is 0. The third-order valence-electron chi connectivity index (χ3n) is 7.75. The Morgan fingerprint density at radius 2 is 1.35 bits per heavy atom. The molecule has 1 aliphatic heterocycles. The first-order valence-corrected chi connectivity index (χ1v) is 12.6. The molecule has 37 heavy (non-hydrogen) atoms. The molecule has 0 atom stereocenters. The monoisotopic (exact) mass is 487 g/mol. The lowest BCUT2D eigenvalue weighted by molar-refractivity contribution is 0.00578. The molecule has 2 aromatic heterocycles. The summed E-state index contributed by atoms with van der Waals surface area (Å²) in [5.74, 6) is 0.577. The van der Waals surface area contributed by atoms with Gasteiger partial charge in [0, 0.05) is 21.9 Å². The predicted molar refractivity (Wildman–Crippen MR) is 148 cm³/mol. The maximum absolute atomic E-state index is 6.39. The predicted octanol–water partition coefficient (Wildman–Crippen LogP) is 7.36. The molecule has 6 aromatic rings. The van der Waals surface area contributed by atoms with Crippen LogP contribution < -0.4 is 5.46 Å². The van der Waals surface area contributed by atoms with E-state index in [-0.39, 0.29) is 0 Å². The third-order valence-corrected chi connectivity index (χ3v) is 7.75. The molecule has 1 saturated heterocycles. The van der Waals surface area contributed by atoms with Crippen molar-refractivity contribution in [1.29, 1.82) is 0 Å². The zero-order chi connectivity index (χ0) is 25.4. The summed E-state index contributed by atoms with van der Waals surface area (Å²) in [7, 11) is -0.514. The number of para-hydroxylation sites is 1. The average Bonchev–Trinajstić information content (AvgIpc) is 3.54. The second kappa shape index (κ2) is 7.82. The molecule has 5 nitrogen and oxygen atoms in total. The molecule has 4 aromatic carbocycles. The number of nitrogens with zero attached hydrogens (tertiary/aromatic N) is 1. The molecule has 1 fully saturated rings. The van der Waals surface area contributed by atoms with E-state index in [0.29, 0.717) is 5.89 Å². The van der Waals surface area contributed by atoms with Crippen molar-refractivity contribution in [2.75, 3.05) is 0 Å². The van der Waals surface area contributed by atoms with Crippen LogP contribution in [0.4, 0.5) is 0 Å². The lowest BCUT2D eigenvalue weighted by atomic mass is 9.77. The van der Waals surface area contributed by atoms with Crippen LogP contribution in [0.1, 0.15) is 27.7 Å². The molecule has 0 spiro atoms. The summed E-state index contributed by atoms with van der Waals surface area (Å²) in [6, 6.07) is 28.4. The van der Waals surface area contributed by atoms with Crippen molar-refractivity contribution in [1.82, 2.24) is 4.98 Å². The molecule has 7 rings (SSSR count). The Labute approximate surface area is 215 Å². The number of furan rings is 1. The van der Waals surface area contributed by atoms with Crippen molar-refractivity contribution in [3.05, 3.63) is 84.9 Å². The Hall–Kier alpha value is -3.87. The standard InChI is InChI=1S/C31H26BNO4/c1-30(2)31(3,4)37-32(36-30)21-17-24(28-25(18-21)33-29(35-28)19-10-6-5-7-11-19)20-14-15-23-22-12-8-9-13-26(22)34-27(23)16-20/h5-18H,1-4H3. The van der Waals surface area contributed by atoms with E-state index in [4.69, 9.17) is 23.1 Å². The Morgan fingerprint density at radius 1 is 0.649 bits per heavy atom. The van der Waals surface area contributed by atoms with Gasteiger partial charge in [-0.2, -0.15) is 0 Å². The molecule has 0 amide bonds. The smallest absolute Gasteiger partial charge is 0.456 e. The second-order valence-corrected chi connectivity index (χ2v) is 10.7. The summed E-state index contributed by atoms with van der Waals surface area (Å²) in [6.45, 7) is 8.24. The third kappa shape index (κ3) is 3.51. The van der Waals surface area contributed by atoms with Crippen LogP contribution >= 0.6 is 0 Å². The highest BCUT2D eigenvalue weighted by molar-refractivity contribution is 6.62. The Kier molecular flexibility index (Phi) is 4.72. The van der Waals surface area contributed by atoms with E-state index in [9.17, 15) is 0 Å². The Bertz CT molecular complexity index is 1780. The molecule has 0 aliphatic carbocycles. The van der Waals surface area contributed by atoms with E-state index in [1.807, 2.05) is 54.6 Å². The van der Waals surface area contributed by atoms with Crippen LogP contribution in [-0.4, -0.2) is 23.3 Å². The number of benzene rings is 4. The van der Waals surface area contributed by atoms with Crippen LogP contribution in [0.3, 0.4) is 0 Å². The van der Waals surface area contributed by atoms with Gasteiger partial charge in [-0.3, -0.25) is 0 Å². The van der Waals surface area contributed by atoms with E-state index < -0.39 is 18.3 Å². The number of fused-ring (bicyclic) bond motifs is 4. The molecule has 1 aliphatic rings. The van der Waals surface area contributed by atoms with Crippen molar-refractivity contribution < 1.29 is 18.1 Å². The maximum Gasteiger partial charge on any atom is 0.494 e. The highest BCUT2D eigenvalue weighted by atomic mass is 16.7. The second-order valence-electron chi connectivity index (χ2n) is 10.7. The SMILES string of the molecule is CC1(C)OB(c2cc(-c3ccc4c(c3)oc3ccccc34)c3oc(-c4ccccc4)nc3c2)OC1(C)C. The van der Waals surface area contributed by atoms with Gasteiger partial charge in [0.05, 0.1) is 11.2 Å². The van der Waals surface area contributed by atoms with Crippen LogP contribution in [0, 0.1) is 0 Å². The molecule has 6 heteroatoms. The molecule has 0 bridgehead atoms. The zero-order valence-corrected chi connectivity index (χ0v) is 21.2. The van der Waals surface area contributed by atoms with Gasteiger partial charge in [-0.1, -0.05) is 48.5 Å². The highest BCUT2D eigenvalue weighted by Crippen LogP contribution is 2.39. The molecule has 0 N–H and O–H groups in total. The van der Waals surface area contributed by atoms with Gasteiger partial charge in [-0.15, -0.1) is 0 Å². The Balaban J connectivity index is 1.43. The number of hydrogen-bond donors (Lipinski definition) is 0. The van der Waals surface area contributed by atoms with Crippen LogP contribution in [0.15, 0.2) is 93.8 Å². The minimum atomic E-state index is -0.514. The normalized spacial score (nSPS) is 16.8.